The zero-order valence-electron chi connectivity index (χ0n) is 17.8. The Hall–Kier alpha value is -3.57. The summed E-state index contributed by atoms with van der Waals surface area (Å²) in [4.78, 5) is 4.25. The first-order valence-corrected chi connectivity index (χ1v) is 11.7. The lowest BCUT2D eigenvalue weighted by Crippen LogP contribution is -2.25. The van der Waals surface area contributed by atoms with Crippen molar-refractivity contribution in [3.05, 3.63) is 76.9 Å². The maximum absolute atomic E-state index is 13.5. The van der Waals surface area contributed by atoms with Crippen LogP contribution in [0, 0.1) is 5.21 Å². The van der Waals surface area contributed by atoms with Crippen molar-refractivity contribution in [1.82, 2.24) is 14.6 Å². The van der Waals surface area contributed by atoms with E-state index in [2.05, 4.69) is 10.4 Å². The molecule has 33 heavy (non-hydrogen) atoms. The first kappa shape index (κ1) is 22.6. The van der Waals surface area contributed by atoms with Crippen LogP contribution in [0.2, 0.25) is 0 Å². The summed E-state index contributed by atoms with van der Waals surface area (Å²) in [5.74, 6) is 0.605. The van der Waals surface area contributed by atoms with Crippen LogP contribution in [-0.4, -0.2) is 34.7 Å². The number of aromatic nitrogens is 4. The zero-order valence-corrected chi connectivity index (χ0v) is 18.6. The van der Waals surface area contributed by atoms with Gasteiger partial charge in [0, 0.05) is 42.0 Å². The smallest absolute Gasteiger partial charge is 0.332 e. The summed E-state index contributed by atoms with van der Waals surface area (Å²) >= 11 is 0. The number of hydrogen-bond donors (Lipinski definition) is 2. The Kier molecular flexibility index (Phi) is 6.25. The van der Waals surface area contributed by atoms with Crippen LogP contribution in [0.1, 0.15) is 23.6 Å². The van der Waals surface area contributed by atoms with Crippen molar-refractivity contribution in [1.29, 1.82) is 0 Å². The van der Waals surface area contributed by atoms with E-state index in [1.165, 1.54) is 30.6 Å². The van der Waals surface area contributed by atoms with Crippen LogP contribution in [0.3, 0.4) is 0 Å². The SMILES string of the molecule is CCc1cnn2c(NCc3ccc[n+]([O-])c3)cc(-c3ccc(S(=O)(=O)F)cc3CCO)nc12. The average molecular weight is 472 g/mol. The molecule has 2 N–H and O–H groups in total. The van der Waals surface area contributed by atoms with E-state index >= 15 is 0 Å². The number of nitrogens with one attached hydrogen (secondary N) is 1. The highest BCUT2D eigenvalue weighted by molar-refractivity contribution is 7.86. The Bertz CT molecular complexity index is 1420. The minimum absolute atomic E-state index is 0.127. The van der Waals surface area contributed by atoms with Crippen LogP contribution in [0.4, 0.5) is 9.70 Å². The number of aliphatic hydroxyl groups is 1. The predicted octanol–water partition coefficient (Wildman–Crippen LogP) is 2.40. The molecule has 0 aliphatic carbocycles. The second kappa shape index (κ2) is 9.12. The molecule has 1 aromatic carbocycles. The van der Waals surface area contributed by atoms with Gasteiger partial charge in [-0.25, -0.2) is 4.98 Å². The molecule has 0 saturated carbocycles. The summed E-state index contributed by atoms with van der Waals surface area (Å²) in [7, 11) is -4.89. The highest BCUT2D eigenvalue weighted by Gasteiger charge is 2.18. The second-order valence-electron chi connectivity index (χ2n) is 7.44. The lowest BCUT2D eigenvalue weighted by Gasteiger charge is -2.14. The standard InChI is InChI=1S/C22H22FN5O4S/c1-2-16-13-25-28-21(24-12-15-4-3-8-27(30)14-15)11-20(26-22(16)28)19-6-5-18(33(23,31)32)10-17(19)7-9-29/h3-6,8,10-11,13-14,24,29H,2,7,9,12H2,1H3. The van der Waals surface area contributed by atoms with Gasteiger partial charge in [-0.05, 0) is 36.6 Å². The Morgan fingerprint density at radius 3 is 2.76 bits per heavy atom. The first-order valence-electron chi connectivity index (χ1n) is 10.3. The van der Waals surface area contributed by atoms with Crippen molar-refractivity contribution < 1.29 is 22.1 Å². The van der Waals surface area contributed by atoms with Gasteiger partial charge in [-0.15, -0.1) is 3.89 Å². The van der Waals surface area contributed by atoms with Crippen molar-refractivity contribution in [2.75, 3.05) is 11.9 Å². The molecule has 0 fully saturated rings. The lowest BCUT2D eigenvalue weighted by atomic mass is 10.0. The number of halogens is 1. The molecule has 0 unspecified atom stereocenters. The molecule has 0 amide bonds. The summed E-state index contributed by atoms with van der Waals surface area (Å²) in [6, 6.07) is 9.10. The van der Waals surface area contributed by atoms with E-state index in [1.807, 2.05) is 13.0 Å². The third kappa shape index (κ3) is 4.78. The quantitative estimate of drug-likeness (QED) is 0.230. The van der Waals surface area contributed by atoms with Crippen molar-refractivity contribution in [2.45, 2.75) is 31.2 Å². The fourth-order valence-electron chi connectivity index (χ4n) is 3.62. The number of hydrogen-bond acceptors (Lipinski definition) is 7. The van der Waals surface area contributed by atoms with Gasteiger partial charge in [-0.1, -0.05) is 13.0 Å². The van der Waals surface area contributed by atoms with Crippen molar-refractivity contribution in [3.8, 4) is 11.3 Å². The van der Waals surface area contributed by atoms with Gasteiger partial charge in [0.15, 0.2) is 18.0 Å². The fraction of sp³-hybridized carbons (Fsp3) is 0.227. The third-order valence-electron chi connectivity index (χ3n) is 5.25. The number of benzene rings is 1. The maximum Gasteiger partial charge on any atom is 0.332 e. The monoisotopic (exact) mass is 471 g/mol. The van der Waals surface area contributed by atoms with Crippen LogP contribution in [0.25, 0.3) is 16.9 Å². The van der Waals surface area contributed by atoms with Gasteiger partial charge in [0.05, 0.1) is 16.8 Å². The van der Waals surface area contributed by atoms with Crippen LogP contribution in [-0.2, 0) is 29.6 Å². The number of nitrogens with zero attached hydrogens (tertiary/aromatic N) is 4. The molecule has 4 rings (SSSR count). The van der Waals surface area contributed by atoms with Crippen molar-refractivity contribution in [2.24, 2.45) is 0 Å². The molecule has 0 atom stereocenters. The molecule has 172 valence electrons. The zero-order chi connectivity index (χ0) is 23.6. The Morgan fingerprint density at radius 1 is 1.24 bits per heavy atom. The van der Waals surface area contributed by atoms with Crippen molar-refractivity contribution >= 4 is 21.7 Å². The lowest BCUT2D eigenvalue weighted by molar-refractivity contribution is -0.605. The molecule has 0 radical (unpaired) electrons. The Balaban J connectivity index is 1.82. The molecule has 0 saturated heterocycles. The van der Waals surface area contributed by atoms with E-state index in [-0.39, 0.29) is 13.0 Å². The summed E-state index contributed by atoms with van der Waals surface area (Å²) in [6.07, 6.45) is 5.40. The van der Waals surface area contributed by atoms with Crippen LogP contribution in [0.15, 0.2) is 59.9 Å². The molecule has 0 aliphatic heterocycles. The predicted molar refractivity (Wildman–Crippen MR) is 120 cm³/mol. The topological polar surface area (TPSA) is 124 Å². The van der Waals surface area contributed by atoms with Gasteiger partial charge >= 0.3 is 10.2 Å². The molecule has 3 heterocycles. The molecule has 3 aromatic heterocycles. The number of aliphatic hydroxyl groups excluding tert-OH is 1. The van der Waals surface area contributed by atoms with Gasteiger partial charge in [-0.3, -0.25) is 0 Å². The fourth-order valence-corrected chi connectivity index (χ4v) is 4.13. The number of rotatable bonds is 8. The number of anilines is 1. The van der Waals surface area contributed by atoms with Crippen LogP contribution < -0.4 is 10.0 Å². The normalized spacial score (nSPS) is 11.7. The molecular weight excluding hydrogens is 449 g/mol. The van der Waals surface area contributed by atoms with E-state index in [0.717, 1.165) is 15.9 Å². The van der Waals surface area contributed by atoms with Gasteiger partial charge in [0.1, 0.15) is 5.82 Å². The largest absolute Gasteiger partial charge is 0.619 e. The van der Waals surface area contributed by atoms with Gasteiger partial charge < -0.3 is 15.6 Å². The van der Waals surface area contributed by atoms with E-state index in [4.69, 9.17) is 4.98 Å². The van der Waals surface area contributed by atoms with Crippen LogP contribution in [0.5, 0.6) is 0 Å². The number of pyridine rings is 1. The minimum atomic E-state index is -4.89. The summed E-state index contributed by atoms with van der Waals surface area (Å²) in [5, 5.41) is 28.7. The summed E-state index contributed by atoms with van der Waals surface area (Å²) in [5.41, 5.74) is 3.82. The van der Waals surface area contributed by atoms with Gasteiger partial charge in [-0.2, -0.15) is 22.8 Å². The molecule has 9 nitrogen and oxygen atoms in total. The summed E-state index contributed by atoms with van der Waals surface area (Å²) in [6.45, 7) is 2.09. The number of fused-ring (bicyclic) bond motifs is 1. The van der Waals surface area contributed by atoms with Gasteiger partial charge in [0.2, 0.25) is 0 Å². The average Bonchev–Trinajstić information content (AvgIpc) is 3.20. The van der Waals surface area contributed by atoms with Gasteiger partial charge in [0.25, 0.3) is 0 Å². The molecule has 4 aromatic rings. The van der Waals surface area contributed by atoms with E-state index in [9.17, 15) is 22.6 Å². The van der Waals surface area contributed by atoms with E-state index in [1.54, 1.807) is 22.8 Å². The second-order valence-corrected chi connectivity index (χ2v) is 8.79. The number of aryl methyl sites for hydroxylation is 1. The maximum atomic E-state index is 13.5. The minimum Gasteiger partial charge on any atom is -0.619 e. The molecule has 0 spiro atoms. The highest BCUT2D eigenvalue weighted by atomic mass is 32.3. The highest BCUT2D eigenvalue weighted by Crippen LogP contribution is 2.29. The summed E-state index contributed by atoms with van der Waals surface area (Å²) < 4.78 is 38.7. The molecule has 11 heteroatoms. The molecular formula is C22H22FN5O4S. The van der Waals surface area contributed by atoms with E-state index < -0.39 is 15.1 Å². The Morgan fingerprint density at radius 2 is 2.06 bits per heavy atom. The third-order valence-corrected chi connectivity index (χ3v) is 6.07. The van der Waals surface area contributed by atoms with E-state index in [0.29, 0.717) is 41.3 Å². The molecule has 0 aliphatic rings. The molecule has 0 bridgehead atoms. The van der Waals surface area contributed by atoms with Crippen molar-refractivity contribution in [3.63, 3.8) is 0 Å². The van der Waals surface area contributed by atoms with Crippen LogP contribution >= 0.6 is 0 Å². The Labute approximate surface area is 190 Å². The first-order chi connectivity index (χ1) is 15.8.